The number of halogens is 3. The van der Waals surface area contributed by atoms with Gasteiger partial charge in [-0.3, -0.25) is 0 Å². The minimum absolute atomic E-state index is 0.0722. The van der Waals surface area contributed by atoms with Gasteiger partial charge in [0.15, 0.2) is 10.8 Å². The van der Waals surface area contributed by atoms with E-state index in [1.54, 1.807) is 6.92 Å². The zero-order valence-corrected chi connectivity index (χ0v) is 11.7. The maximum absolute atomic E-state index is 12.6. The highest BCUT2D eigenvalue weighted by atomic mass is 32.1. The molecule has 0 aliphatic rings. The number of anilines is 2. The SMILES string of the molecule is CCc1sc(Nc2cccc(C(F)(F)F)c2)nc1C(=O)O. The van der Waals surface area contributed by atoms with Crippen LogP contribution in [-0.2, 0) is 12.6 Å². The summed E-state index contributed by atoms with van der Waals surface area (Å²) in [5.74, 6) is -1.15. The number of carboxylic acid groups (broad SMARTS) is 1. The first kappa shape index (κ1) is 15.3. The van der Waals surface area contributed by atoms with Crippen LogP contribution in [0.25, 0.3) is 0 Å². The molecule has 1 aromatic heterocycles. The molecule has 8 heteroatoms. The van der Waals surface area contributed by atoms with E-state index < -0.39 is 17.7 Å². The highest BCUT2D eigenvalue weighted by molar-refractivity contribution is 7.16. The molecule has 0 atom stereocenters. The molecule has 4 nitrogen and oxygen atoms in total. The summed E-state index contributed by atoms with van der Waals surface area (Å²) in [5, 5.41) is 12.0. The fraction of sp³-hybridized carbons (Fsp3) is 0.231. The first-order valence-corrected chi connectivity index (χ1v) is 6.80. The van der Waals surface area contributed by atoms with E-state index in [9.17, 15) is 18.0 Å². The standard InChI is InChI=1S/C13H11F3N2O2S/c1-2-9-10(11(19)20)18-12(21-9)17-8-5-3-4-7(6-8)13(14,15)16/h3-6H,2H2,1H3,(H,17,18)(H,19,20). The van der Waals surface area contributed by atoms with Crippen molar-refractivity contribution < 1.29 is 23.1 Å². The lowest BCUT2D eigenvalue weighted by Crippen LogP contribution is -2.05. The topological polar surface area (TPSA) is 62.2 Å². The predicted molar refractivity (Wildman–Crippen MR) is 73.2 cm³/mol. The minimum Gasteiger partial charge on any atom is -0.476 e. The largest absolute Gasteiger partial charge is 0.476 e. The number of thiazole rings is 1. The molecule has 0 spiro atoms. The first-order valence-electron chi connectivity index (χ1n) is 5.98. The molecule has 0 aliphatic heterocycles. The Balaban J connectivity index is 2.28. The number of nitrogens with one attached hydrogen (secondary N) is 1. The number of aromatic nitrogens is 1. The molecule has 2 N–H and O–H groups in total. The molecule has 112 valence electrons. The van der Waals surface area contributed by atoms with Crippen LogP contribution in [0, 0.1) is 0 Å². The molecule has 0 saturated heterocycles. The van der Waals surface area contributed by atoms with Gasteiger partial charge in [-0.1, -0.05) is 13.0 Å². The lowest BCUT2D eigenvalue weighted by atomic mass is 10.2. The molecule has 0 unspecified atom stereocenters. The van der Waals surface area contributed by atoms with E-state index in [-0.39, 0.29) is 16.5 Å². The second-order valence-electron chi connectivity index (χ2n) is 4.15. The van der Waals surface area contributed by atoms with E-state index in [1.807, 2.05) is 0 Å². The molecule has 1 aromatic carbocycles. The van der Waals surface area contributed by atoms with Crippen molar-refractivity contribution in [1.29, 1.82) is 0 Å². The van der Waals surface area contributed by atoms with Crippen molar-refractivity contribution in [3.63, 3.8) is 0 Å². The number of benzene rings is 1. The predicted octanol–water partition coefficient (Wildman–Crippen LogP) is 4.17. The third-order valence-corrected chi connectivity index (χ3v) is 3.78. The number of carboxylic acids is 1. The zero-order chi connectivity index (χ0) is 15.6. The molecule has 0 radical (unpaired) electrons. The van der Waals surface area contributed by atoms with Crippen LogP contribution in [0.2, 0.25) is 0 Å². The lowest BCUT2D eigenvalue weighted by molar-refractivity contribution is -0.137. The Kier molecular flexibility index (Phi) is 4.17. The molecule has 0 aliphatic carbocycles. The van der Waals surface area contributed by atoms with E-state index in [4.69, 9.17) is 5.11 Å². The number of aryl methyl sites for hydroxylation is 1. The van der Waals surface area contributed by atoms with Gasteiger partial charge in [-0.25, -0.2) is 9.78 Å². The van der Waals surface area contributed by atoms with Gasteiger partial charge in [-0.15, -0.1) is 11.3 Å². The first-order chi connectivity index (χ1) is 9.81. The molecule has 1 heterocycles. The van der Waals surface area contributed by atoms with Gasteiger partial charge in [0.1, 0.15) is 0 Å². The smallest absolute Gasteiger partial charge is 0.416 e. The van der Waals surface area contributed by atoms with Gasteiger partial charge in [-0.2, -0.15) is 13.2 Å². The molecular weight excluding hydrogens is 305 g/mol. The van der Waals surface area contributed by atoms with Crippen LogP contribution in [0.3, 0.4) is 0 Å². The Hall–Kier alpha value is -2.09. The second-order valence-corrected chi connectivity index (χ2v) is 5.24. The summed E-state index contributed by atoms with van der Waals surface area (Å²) < 4.78 is 37.9. The quantitative estimate of drug-likeness (QED) is 0.889. The number of nitrogens with zero attached hydrogens (tertiary/aromatic N) is 1. The van der Waals surface area contributed by atoms with Crippen molar-refractivity contribution in [2.45, 2.75) is 19.5 Å². The van der Waals surface area contributed by atoms with Gasteiger partial charge in [0.25, 0.3) is 0 Å². The number of hydrogen-bond donors (Lipinski definition) is 2. The Labute approximate surface area is 122 Å². The van der Waals surface area contributed by atoms with Crippen LogP contribution >= 0.6 is 11.3 Å². The van der Waals surface area contributed by atoms with Crippen LogP contribution in [0.5, 0.6) is 0 Å². The van der Waals surface area contributed by atoms with Crippen LogP contribution in [0.4, 0.5) is 24.0 Å². The summed E-state index contributed by atoms with van der Waals surface area (Å²) in [4.78, 5) is 15.5. The Morgan fingerprint density at radius 2 is 2.14 bits per heavy atom. The van der Waals surface area contributed by atoms with Crippen molar-refractivity contribution >= 4 is 28.1 Å². The summed E-state index contributed by atoms with van der Waals surface area (Å²) >= 11 is 1.11. The summed E-state index contributed by atoms with van der Waals surface area (Å²) in [6.07, 6.45) is -3.94. The Morgan fingerprint density at radius 3 is 2.67 bits per heavy atom. The molecule has 2 aromatic rings. The minimum atomic E-state index is -4.43. The number of hydrogen-bond acceptors (Lipinski definition) is 4. The Bertz CT molecular complexity index is 668. The number of aromatic carboxylic acids is 1. The molecule has 0 amide bonds. The van der Waals surface area contributed by atoms with Crippen LogP contribution in [-0.4, -0.2) is 16.1 Å². The van der Waals surface area contributed by atoms with Crippen LogP contribution in [0.1, 0.15) is 27.9 Å². The molecule has 0 saturated carbocycles. The van der Waals surface area contributed by atoms with Crippen molar-refractivity contribution in [2.75, 3.05) is 5.32 Å². The van der Waals surface area contributed by atoms with Crippen molar-refractivity contribution in [1.82, 2.24) is 4.98 Å². The zero-order valence-electron chi connectivity index (χ0n) is 10.9. The summed E-state index contributed by atoms with van der Waals surface area (Å²) in [6, 6.07) is 4.65. The van der Waals surface area contributed by atoms with Gasteiger partial charge in [-0.05, 0) is 24.6 Å². The van der Waals surface area contributed by atoms with Crippen molar-refractivity contribution in [2.24, 2.45) is 0 Å². The van der Waals surface area contributed by atoms with E-state index >= 15 is 0 Å². The van der Waals surface area contributed by atoms with Crippen molar-refractivity contribution in [3.05, 3.63) is 40.4 Å². The summed E-state index contributed by atoms with van der Waals surface area (Å²) in [5.41, 5.74) is -0.645. The second kappa shape index (κ2) is 5.72. The van der Waals surface area contributed by atoms with E-state index in [0.29, 0.717) is 11.3 Å². The molecular formula is C13H11F3N2O2S. The number of rotatable bonds is 4. The average Bonchev–Trinajstić information content (AvgIpc) is 2.81. The van der Waals surface area contributed by atoms with Gasteiger partial charge >= 0.3 is 12.1 Å². The fourth-order valence-electron chi connectivity index (χ4n) is 1.71. The van der Waals surface area contributed by atoms with Gasteiger partial charge in [0.05, 0.1) is 5.56 Å². The maximum Gasteiger partial charge on any atom is 0.416 e. The van der Waals surface area contributed by atoms with Gasteiger partial charge in [0, 0.05) is 10.6 Å². The molecule has 0 bridgehead atoms. The fourth-order valence-corrected chi connectivity index (χ4v) is 2.62. The molecule has 2 rings (SSSR count). The molecule has 21 heavy (non-hydrogen) atoms. The highest BCUT2D eigenvalue weighted by Gasteiger charge is 2.30. The third-order valence-electron chi connectivity index (χ3n) is 2.66. The van der Waals surface area contributed by atoms with Gasteiger partial charge < -0.3 is 10.4 Å². The third kappa shape index (κ3) is 3.52. The summed E-state index contributed by atoms with van der Waals surface area (Å²) in [7, 11) is 0. The van der Waals surface area contributed by atoms with E-state index in [0.717, 1.165) is 23.5 Å². The molecule has 0 fully saturated rings. The van der Waals surface area contributed by atoms with E-state index in [2.05, 4.69) is 10.3 Å². The number of carbonyl (C=O) groups is 1. The Morgan fingerprint density at radius 1 is 1.43 bits per heavy atom. The lowest BCUT2D eigenvalue weighted by Gasteiger charge is -2.08. The highest BCUT2D eigenvalue weighted by Crippen LogP contribution is 2.32. The van der Waals surface area contributed by atoms with Crippen LogP contribution < -0.4 is 5.32 Å². The normalized spacial score (nSPS) is 11.4. The van der Waals surface area contributed by atoms with Crippen LogP contribution in [0.15, 0.2) is 24.3 Å². The van der Waals surface area contributed by atoms with Gasteiger partial charge in [0.2, 0.25) is 0 Å². The average molecular weight is 316 g/mol. The monoisotopic (exact) mass is 316 g/mol. The maximum atomic E-state index is 12.6. The number of alkyl halides is 3. The van der Waals surface area contributed by atoms with E-state index in [1.165, 1.54) is 12.1 Å². The summed E-state index contributed by atoms with van der Waals surface area (Å²) in [6.45, 7) is 1.79. The van der Waals surface area contributed by atoms with Crippen molar-refractivity contribution in [3.8, 4) is 0 Å².